The summed E-state index contributed by atoms with van der Waals surface area (Å²) in [5.41, 5.74) is -0.270. The normalized spacial score (nSPS) is 11.7. The van der Waals surface area contributed by atoms with Crippen molar-refractivity contribution in [3.63, 3.8) is 0 Å². The first-order valence-corrected chi connectivity index (χ1v) is 5.76. The van der Waals surface area contributed by atoms with Crippen LogP contribution in [0.4, 0.5) is 0 Å². The molecule has 0 bridgehead atoms. The minimum atomic E-state index is -0.270. The van der Waals surface area contributed by atoms with Gasteiger partial charge in [0.05, 0.1) is 6.07 Å². The van der Waals surface area contributed by atoms with E-state index in [-0.39, 0.29) is 5.54 Å². The second-order valence-corrected chi connectivity index (χ2v) is 4.47. The van der Waals surface area contributed by atoms with Gasteiger partial charge in [-0.25, -0.2) is 0 Å². The van der Waals surface area contributed by atoms with Crippen LogP contribution in [0.5, 0.6) is 0 Å². The smallest absolute Gasteiger partial charge is 0.106 e. The molecule has 0 aromatic carbocycles. The van der Waals surface area contributed by atoms with Gasteiger partial charge in [0.2, 0.25) is 0 Å². The van der Waals surface area contributed by atoms with Crippen molar-refractivity contribution >= 4 is 0 Å². The first kappa shape index (κ1) is 13.4. The third-order valence-corrected chi connectivity index (χ3v) is 2.42. The Morgan fingerprint density at radius 3 is 2.00 bits per heavy atom. The van der Waals surface area contributed by atoms with Gasteiger partial charge < -0.3 is 0 Å². The summed E-state index contributed by atoms with van der Waals surface area (Å²) in [5, 5.41) is 12.7. The summed E-state index contributed by atoms with van der Waals surface area (Å²) in [6.07, 6.45) is 4.06. The fourth-order valence-corrected chi connectivity index (χ4v) is 1.71. The summed E-state index contributed by atoms with van der Waals surface area (Å²) in [4.78, 5) is 0. The van der Waals surface area contributed by atoms with Gasteiger partial charge in [0, 0.05) is 0 Å². The van der Waals surface area contributed by atoms with Crippen molar-refractivity contribution in [2.75, 3.05) is 6.54 Å². The lowest BCUT2D eigenvalue weighted by Gasteiger charge is -2.28. The molecule has 0 amide bonds. The highest BCUT2D eigenvalue weighted by Gasteiger charge is 2.27. The Morgan fingerprint density at radius 1 is 1.21 bits per heavy atom. The fourth-order valence-electron chi connectivity index (χ4n) is 1.71. The minimum absolute atomic E-state index is 0.270. The van der Waals surface area contributed by atoms with E-state index < -0.39 is 0 Å². The molecule has 0 aromatic rings. The Kier molecular flexibility index (Phi) is 6.57. The highest BCUT2D eigenvalue weighted by Crippen LogP contribution is 2.19. The van der Waals surface area contributed by atoms with Crippen LogP contribution in [-0.4, -0.2) is 12.1 Å². The van der Waals surface area contributed by atoms with Gasteiger partial charge in [0.15, 0.2) is 0 Å². The summed E-state index contributed by atoms with van der Waals surface area (Å²) in [6.45, 7) is 9.56. The van der Waals surface area contributed by atoms with Crippen LogP contribution < -0.4 is 5.32 Å². The molecule has 0 spiro atoms. The lowest BCUT2D eigenvalue weighted by molar-refractivity contribution is 0.335. The molecular formula is C12H24N2. The SMILES string of the molecule is CCCC(C#N)(CCC)NCC(C)C. The number of rotatable bonds is 7. The van der Waals surface area contributed by atoms with Crippen LogP contribution in [0.3, 0.4) is 0 Å². The predicted molar refractivity (Wildman–Crippen MR) is 61.0 cm³/mol. The van der Waals surface area contributed by atoms with Gasteiger partial charge >= 0.3 is 0 Å². The molecule has 0 aliphatic carbocycles. The largest absolute Gasteiger partial charge is 0.299 e. The van der Waals surface area contributed by atoms with Gasteiger partial charge in [-0.05, 0) is 25.3 Å². The van der Waals surface area contributed by atoms with Crippen molar-refractivity contribution in [2.24, 2.45) is 5.92 Å². The molecule has 2 nitrogen and oxygen atoms in total. The molecule has 0 rings (SSSR count). The molecule has 2 heteroatoms. The van der Waals surface area contributed by atoms with Crippen LogP contribution in [0.2, 0.25) is 0 Å². The predicted octanol–water partition coefficient (Wildman–Crippen LogP) is 3.09. The van der Waals surface area contributed by atoms with Crippen molar-refractivity contribution in [2.45, 2.75) is 58.9 Å². The van der Waals surface area contributed by atoms with Gasteiger partial charge in [-0.1, -0.05) is 40.5 Å². The number of hydrogen-bond acceptors (Lipinski definition) is 2. The third-order valence-electron chi connectivity index (χ3n) is 2.42. The highest BCUT2D eigenvalue weighted by molar-refractivity contribution is 5.06. The number of nitriles is 1. The molecule has 0 aliphatic heterocycles. The average Bonchev–Trinajstić information content (AvgIpc) is 2.15. The summed E-state index contributed by atoms with van der Waals surface area (Å²) >= 11 is 0. The minimum Gasteiger partial charge on any atom is -0.299 e. The van der Waals surface area contributed by atoms with E-state index >= 15 is 0 Å². The van der Waals surface area contributed by atoms with E-state index in [2.05, 4.69) is 39.1 Å². The van der Waals surface area contributed by atoms with E-state index in [0.29, 0.717) is 5.92 Å². The molecule has 0 aromatic heterocycles. The Balaban J connectivity index is 4.27. The van der Waals surface area contributed by atoms with Gasteiger partial charge in [0.1, 0.15) is 5.54 Å². The van der Waals surface area contributed by atoms with E-state index in [1.165, 1.54) is 0 Å². The first-order chi connectivity index (χ1) is 6.60. The lowest BCUT2D eigenvalue weighted by Crippen LogP contribution is -2.45. The molecule has 82 valence electrons. The monoisotopic (exact) mass is 196 g/mol. The molecule has 0 saturated carbocycles. The van der Waals surface area contributed by atoms with Crippen LogP contribution in [0.15, 0.2) is 0 Å². The van der Waals surface area contributed by atoms with Gasteiger partial charge in [0.25, 0.3) is 0 Å². The van der Waals surface area contributed by atoms with Crippen molar-refractivity contribution in [3.8, 4) is 6.07 Å². The molecule has 0 aliphatic rings. The first-order valence-electron chi connectivity index (χ1n) is 5.76. The Hall–Kier alpha value is -0.550. The van der Waals surface area contributed by atoms with Crippen molar-refractivity contribution in [1.82, 2.24) is 5.32 Å². The zero-order valence-electron chi connectivity index (χ0n) is 10.1. The molecule has 0 heterocycles. The van der Waals surface area contributed by atoms with E-state index in [1.54, 1.807) is 0 Å². The maximum Gasteiger partial charge on any atom is 0.106 e. The summed E-state index contributed by atoms with van der Waals surface area (Å²) in [5.74, 6) is 0.608. The van der Waals surface area contributed by atoms with Crippen molar-refractivity contribution < 1.29 is 0 Å². The number of nitrogens with one attached hydrogen (secondary N) is 1. The second-order valence-electron chi connectivity index (χ2n) is 4.47. The van der Waals surface area contributed by atoms with Gasteiger partial charge in [-0.3, -0.25) is 5.32 Å². The molecule has 1 N–H and O–H groups in total. The lowest BCUT2D eigenvalue weighted by atomic mass is 9.90. The zero-order chi connectivity index (χ0) is 11.0. The maximum absolute atomic E-state index is 9.24. The Morgan fingerprint density at radius 2 is 1.71 bits per heavy atom. The topological polar surface area (TPSA) is 35.8 Å². The number of hydrogen-bond donors (Lipinski definition) is 1. The van der Waals surface area contributed by atoms with Crippen LogP contribution >= 0.6 is 0 Å². The Labute approximate surface area is 88.7 Å². The Bertz CT molecular complexity index is 173. The van der Waals surface area contributed by atoms with Crippen LogP contribution in [0.1, 0.15) is 53.4 Å². The van der Waals surface area contributed by atoms with Gasteiger partial charge in [-0.2, -0.15) is 5.26 Å². The standard InChI is InChI=1S/C12H24N2/c1-5-7-12(10-13,8-6-2)14-9-11(3)4/h11,14H,5-9H2,1-4H3. The summed E-state index contributed by atoms with van der Waals surface area (Å²) in [6, 6.07) is 2.46. The van der Waals surface area contributed by atoms with Crippen molar-refractivity contribution in [3.05, 3.63) is 0 Å². The van der Waals surface area contributed by atoms with E-state index in [1.807, 2.05) is 0 Å². The highest BCUT2D eigenvalue weighted by atomic mass is 15.0. The molecule has 0 saturated heterocycles. The van der Waals surface area contributed by atoms with E-state index in [0.717, 1.165) is 32.2 Å². The second kappa shape index (κ2) is 6.84. The third kappa shape index (κ3) is 4.62. The van der Waals surface area contributed by atoms with E-state index in [9.17, 15) is 5.26 Å². The van der Waals surface area contributed by atoms with Crippen LogP contribution in [0, 0.1) is 17.2 Å². The molecule has 0 fully saturated rings. The fraction of sp³-hybridized carbons (Fsp3) is 0.917. The molecule has 0 unspecified atom stereocenters. The van der Waals surface area contributed by atoms with Crippen molar-refractivity contribution in [1.29, 1.82) is 5.26 Å². The molecule has 0 atom stereocenters. The summed E-state index contributed by atoms with van der Waals surface area (Å²) in [7, 11) is 0. The average molecular weight is 196 g/mol. The summed E-state index contributed by atoms with van der Waals surface area (Å²) < 4.78 is 0. The molecule has 0 radical (unpaired) electrons. The maximum atomic E-state index is 9.24. The van der Waals surface area contributed by atoms with Gasteiger partial charge in [-0.15, -0.1) is 0 Å². The van der Waals surface area contributed by atoms with Crippen LogP contribution in [0.25, 0.3) is 0 Å². The quantitative estimate of drug-likeness (QED) is 0.679. The molecular weight excluding hydrogens is 172 g/mol. The molecule has 14 heavy (non-hydrogen) atoms. The van der Waals surface area contributed by atoms with Crippen LogP contribution in [-0.2, 0) is 0 Å². The zero-order valence-corrected chi connectivity index (χ0v) is 10.1. The van der Waals surface area contributed by atoms with E-state index in [4.69, 9.17) is 0 Å². The number of nitrogens with zero attached hydrogens (tertiary/aromatic N) is 1.